The first kappa shape index (κ1) is 14.8. The molecular weight excluding hydrogens is 320 g/mol. The van der Waals surface area contributed by atoms with Crippen LogP contribution in [0.4, 0.5) is 0 Å². The van der Waals surface area contributed by atoms with Crippen molar-refractivity contribution in [3.05, 3.63) is 65.2 Å². The van der Waals surface area contributed by atoms with Crippen molar-refractivity contribution in [2.45, 2.75) is 5.22 Å². The molecule has 0 fully saturated rings. The topological polar surface area (TPSA) is 56.0 Å². The van der Waals surface area contributed by atoms with E-state index in [4.69, 9.17) is 16.0 Å². The molecule has 0 aliphatic rings. The van der Waals surface area contributed by atoms with E-state index in [2.05, 4.69) is 10.2 Å². The molecule has 0 saturated carbocycles. The first-order valence-corrected chi connectivity index (χ1v) is 7.89. The normalized spacial score (nSPS) is 10.6. The van der Waals surface area contributed by atoms with Crippen molar-refractivity contribution in [1.29, 1.82) is 0 Å². The zero-order valence-corrected chi connectivity index (χ0v) is 13.0. The second kappa shape index (κ2) is 6.77. The number of ketones is 1. The molecule has 110 valence electrons. The highest BCUT2D eigenvalue weighted by Gasteiger charge is 2.12. The summed E-state index contributed by atoms with van der Waals surface area (Å²) in [6.07, 6.45) is 0. The minimum Gasteiger partial charge on any atom is -0.411 e. The summed E-state index contributed by atoms with van der Waals surface area (Å²) < 4.78 is 5.54. The minimum absolute atomic E-state index is 0.0249. The molecule has 1 aromatic heterocycles. The number of rotatable bonds is 5. The van der Waals surface area contributed by atoms with E-state index in [1.165, 1.54) is 11.8 Å². The van der Waals surface area contributed by atoms with E-state index in [-0.39, 0.29) is 11.5 Å². The highest BCUT2D eigenvalue weighted by atomic mass is 35.5. The number of hydrogen-bond acceptors (Lipinski definition) is 5. The zero-order chi connectivity index (χ0) is 15.4. The van der Waals surface area contributed by atoms with Crippen molar-refractivity contribution >= 4 is 29.1 Å². The van der Waals surface area contributed by atoms with Gasteiger partial charge in [-0.25, -0.2) is 0 Å². The lowest BCUT2D eigenvalue weighted by molar-refractivity contribution is 0.102. The molecule has 0 spiro atoms. The van der Waals surface area contributed by atoms with Gasteiger partial charge in [0.2, 0.25) is 5.89 Å². The lowest BCUT2D eigenvalue weighted by atomic mass is 10.2. The molecule has 0 unspecified atom stereocenters. The molecule has 0 amide bonds. The average molecular weight is 331 g/mol. The summed E-state index contributed by atoms with van der Waals surface area (Å²) in [6, 6.07) is 16.2. The van der Waals surface area contributed by atoms with Crippen LogP contribution in [0.15, 0.2) is 64.2 Å². The Bertz CT molecular complexity index is 772. The van der Waals surface area contributed by atoms with Crippen molar-refractivity contribution < 1.29 is 9.21 Å². The molecule has 3 rings (SSSR count). The molecular formula is C16H11ClN2O2S. The molecule has 0 atom stereocenters. The highest BCUT2D eigenvalue weighted by Crippen LogP contribution is 2.24. The molecule has 6 heteroatoms. The Morgan fingerprint density at radius 3 is 2.50 bits per heavy atom. The van der Waals surface area contributed by atoms with Crippen LogP contribution in [0.1, 0.15) is 10.4 Å². The Morgan fingerprint density at radius 2 is 1.77 bits per heavy atom. The number of nitrogens with zero attached hydrogens (tertiary/aromatic N) is 2. The molecule has 0 bridgehead atoms. The van der Waals surface area contributed by atoms with Gasteiger partial charge in [0.05, 0.1) is 5.75 Å². The van der Waals surface area contributed by atoms with E-state index < -0.39 is 0 Å². The van der Waals surface area contributed by atoms with Gasteiger partial charge in [-0.05, 0) is 24.3 Å². The molecule has 2 aromatic carbocycles. The largest absolute Gasteiger partial charge is 0.411 e. The van der Waals surface area contributed by atoms with Gasteiger partial charge >= 0.3 is 0 Å². The van der Waals surface area contributed by atoms with Crippen LogP contribution in [-0.2, 0) is 0 Å². The fourth-order valence-corrected chi connectivity index (χ4v) is 2.60. The van der Waals surface area contributed by atoms with Crippen LogP contribution in [0.2, 0.25) is 5.02 Å². The highest BCUT2D eigenvalue weighted by molar-refractivity contribution is 7.99. The van der Waals surface area contributed by atoms with Gasteiger partial charge < -0.3 is 4.42 Å². The number of thioether (sulfide) groups is 1. The third-order valence-electron chi connectivity index (χ3n) is 2.92. The van der Waals surface area contributed by atoms with E-state index in [1.54, 1.807) is 36.4 Å². The van der Waals surface area contributed by atoms with Crippen LogP contribution in [0.5, 0.6) is 0 Å². The van der Waals surface area contributed by atoms with Gasteiger partial charge in [0, 0.05) is 16.1 Å². The van der Waals surface area contributed by atoms with Crippen molar-refractivity contribution in [2.24, 2.45) is 0 Å². The van der Waals surface area contributed by atoms with Gasteiger partial charge in [0.15, 0.2) is 5.78 Å². The van der Waals surface area contributed by atoms with Gasteiger partial charge in [-0.1, -0.05) is 53.7 Å². The predicted octanol–water partition coefficient (Wildman–Crippen LogP) is 4.37. The maximum Gasteiger partial charge on any atom is 0.277 e. The number of hydrogen-bond donors (Lipinski definition) is 0. The van der Waals surface area contributed by atoms with Crippen molar-refractivity contribution in [3.63, 3.8) is 0 Å². The summed E-state index contributed by atoms with van der Waals surface area (Å²) in [5.74, 6) is 0.690. The zero-order valence-electron chi connectivity index (χ0n) is 11.4. The summed E-state index contributed by atoms with van der Waals surface area (Å²) in [7, 11) is 0. The maximum absolute atomic E-state index is 12.0. The monoisotopic (exact) mass is 330 g/mol. The molecule has 22 heavy (non-hydrogen) atoms. The van der Waals surface area contributed by atoms with E-state index in [0.29, 0.717) is 21.7 Å². The number of aromatic nitrogens is 2. The van der Waals surface area contributed by atoms with Crippen LogP contribution in [0, 0.1) is 0 Å². The summed E-state index contributed by atoms with van der Waals surface area (Å²) in [6.45, 7) is 0. The van der Waals surface area contributed by atoms with Crippen LogP contribution >= 0.6 is 23.4 Å². The van der Waals surface area contributed by atoms with Crippen molar-refractivity contribution in [1.82, 2.24) is 10.2 Å². The van der Waals surface area contributed by atoms with Gasteiger partial charge in [-0.2, -0.15) is 0 Å². The molecule has 0 aliphatic carbocycles. The number of carbonyl (C=O) groups is 1. The van der Waals surface area contributed by atoms with Gasteiger partial charge in [0.1, 0.15) is 0 Å². The van der Waals surface area contributed by atoms with E-state index in [1.807, 2.05) is 18.2 Å². The molecule has 0 saturated heterocycles. The van der Waals surface area contributed by atoms with Crippen LogP contribution in [0.3, 0.4) is 0 Å². The number of benzene rings is 2. The Morgan fingerprint density at radius 1 is 1.05 bits per heavy atom. The minimum atomic E-state index is 0.0249. The molecule has 0 N–H and O–H groups in total. The Hall–Kier alpha value is -2.11. The second-order valence-electron chi connectivity index (χ2n) is 4.46. The van der Waals surface area contributed by atoms with Gasteiger partial charge in [0.25, 0.3) is 5.22 Å². The third kappa shape index (κ3) is 3.55. The third-order valence-corrected chi connectivity index (χ3v) is 3.99. The number of Topliss-reactive ketones (excluding diaryl/α,β-unsaturated/α-hetero) is 1. The Kier molecular flexibility index (Phi) is 4.56. The molecule has 3 aromatic rings. The molecule has 1 heterocycles. The summed E-state index contributed by atoms with van der Waals surface area (Å²) in [5.41, 5.74) is 1.46. The fourth-order valence-electron chi connectivity index (χ4n) is 1.81. The van der Waals surface area contributed by atoms with Gasteiger partial charge in [-0.15, -0.1) is 10.2 Å². The fraction of sp³-hybridized carbons (Fsp3) is 0.0625. The summed E-state index contributed by atoms with van der Waals surface area (Å²) >= 11 is 7.07. The number of carbonyl (C=O) groups excluding carboxylic acids is 1. The van der Waals surface area contributed by atoms with E-state index >= 15 is 0 Å². The quantitative estimate of drug-likeness (QED) is 0.513. The lowest BCUT2D eigenvalue weighted by Crippen LogP contribution is -2.01. The Balaban J connectivity index is 1.65. The summed E-state index contributed by atoms with van der Waals surface area (Å²) in [5, 5.41) is 8.93. The first-order valence-electron chi connectivity index (χ1n) is 6.53. The SMILES string of the molecule is O=C(CSc1nnc(-c2ccc(Cl)cc2)o1)c1ccccc1. The average Bonchev–Trinajstić information content (AvgIpc) is 3.03. The second-order valence-corrected chi connectivity index (χ2v) is 5.82. The van der Waals surface area contributed by atoms with E-state index in [9.17, 15) is 4.79 Å². The smallest absolute Gasteiger partial charge is 0.277 e. The molecule has 0 radical (unpaired) electrons. The van der Waals surface area contributed by atoms with E-state index in [0.717, 1.165) is 5.56 Å². The first-order chi connectivity index (χ1) is 10.7. The Labute approximate surface area is 136 Å². The van der Waals surface area contributed by atoms with Gasteiger partial charge in [-0.3, -0.25) is 4.79 Å². The standard InChI is InChI=1S/C16H11ClN2O2S/c17-13-8-6-12(7-9-13)15-18-19-16(21-15)22-10-14(20)11-4-2-1-3-5-11/h1-9H,10H2. The van der Waals surface area contributed by atoms with Crippen LogP contribution in [-0.4, -0.2) is 21.7 Å². The van der Waals surface area contributed by atoms with Crippen molar-refractivity contribution in [3.8, 4) is 11.5 Å². The van der Waals surface area contributed by atoms with Crippen molar-refractivity contribution in [2.75, 3.05) is 5.75 Å². The molecule has 4 nitrogen and oxygen atoms in total. The maximum atomic E-state index is 12.0. The summed E-state index contributed by atoms with van der Waals surface area (Å²) in [4.78, 5) is 12.0. The lowest BCUT2D eigenvalue weighted by Gasteiger charge is -1.98. The van der Waals surface area contributed by atoms with Crippen LogP contribution < -0.4 is 0 Å². The number of halogens is 1. The predicted molar refractivity (Wildman–Crippen MR) is 86.2 cm³/mol. The molecule has 0 aliphatic heterocycles. The van der Waals surface area contributed by atoms with Crippen LogP contribution in [0.25, 0.3) is 11.5 Å².